The van der Waals surface area contributed by atoms with Crippen LogP contribution in [0.2, 0.25) is 0 Å². The minimum Gasteiger partial charge on any atom is -0.481 e. The molecule has 0 bridgehead atoms. The molecule has 0 aromatic heterocycles. The van der Waals surface area contributed by atoms with Gasteiger partial charge in [0.2, 0.25) is 0 Å². The van der Waals surface area contributed by atoms with E-state index in [-0.39, 0.29) is 12.5 Å². The monoisotopic (exact) mass is 243 g/mol. The van der Waals surface area contributed by atoms with Crippen LogP contribution in [0.4, 0.5) is 0 Å². The third kappa shape index (κ3) is 3.40. The van der Waals surface area contributed by atoms with Crippen molar-refractivity contribution in [1.29, 1.82) is 0 Å². The van der Waals surface area contributed by atoms with Crippen LogP contribution < -0.4 is 0 Å². The lowest BCUT2D eigenvalue weighted by atomic mass is 9.87. The first-order chi connectivity index (χ1) is 8.19. The van der Waals surface area contributed by atoms with Gasteiger partial charge < -0.3 is 14.6 Å². The van der Waals surface area contributed by atoms with Crippen molar-refractivity contribution in [3.8, 4) is 0 Å². The number of hydrogen-bond donors (Lipinski definition) is 1. The lowest BCUT2D eigenvalue weighted by molar-refractivity contribution is -0.144. The minimum atomic E-state index is -0.780. The number of rotatable bonds is 5. The van der Waals surface area contributed by atoms with Crippen molar-refractivity contribution in [3.63, 3.8) is 0 Å². The molecule has 5 nitrogen and oxygen atoms in total. The van der Waals surface area contributed by atoms with Gasteiger partial charge in [0, 0.05) is 25.7 Å². The fourth-order valence-electron chi connectivity index (χ4n) is 2.60. The summed E-state index contributed by atoms with van der Waals surface area (Å²) in [7, 11) is 0. The van der Waals surface area contributed by atoms with Crippen molar-refractivity contribution in [2.45, 2.75) is 44.4 Å². The summed E-state index contributed by atoms with van der Waals surface area (Å²) in [6.07, 6.45) is 2.53. The molecule has 1 saturated carbocycles. The maximum Gasteiger partial charge on any atom is 0.306 e. The van der Waals surface area contributed by atoms with Gasteiger partial charge in [-0.25, -0.2) is 0 Å². The second-order valence-corrected chi connectivity index (χ2v) is 4.79. The smallest absolute Gasteiger partial charge is 0.306 e. The predicted octanol–water partition coefficient (Wildman–Crippen LogP) is 0.729. The zero-order valence-electron chi connectivity index (χ0n) is 10.3. The number of nitrogens with zero attached hydrogens (tertiary/aromatic N) is 1. The second kappa shape index (κ2) is 5.80. The molecule has 1 heterocycles. The highest BCUT2D eigenvalue weighted by Gasteiger charge is 2.36. The number of ether oxygens (including phenoxy) is 2. The molecule has 1 aliphatic carbocycles. The third-order valence-electron chi connectivity index (χ3n) is 3.56. The van der Waals surface area contributed by atoms with E-state index in [1.807, 2.05) is 6.92 Å². The van der Waals surface area contributed by atoms with E-state index in [4.69, 9.17) is 14.6 Å². The number of aliphatic carboxylic acids is 1. The molecule has 17 heavy (non-hydrogen) atoms. The Hall–Kier alpha value is -0.650. The molecule has 1 unspecified atom stereocenters. The Bertz CT molecular complexity index is 265. The first-order valence-corrected chi connectivity index (χ1v) is 6.38. The fraction of sp³-hybridized carbons (Fsp3) is 0.917. The Morgan fingerprint density at radius 1 is 1.53 bits per heavy atom. The molecule has 1 saturated heterocycles. The molecule has 0 aromatic carbocycles. The van der Waals surface area contributed by atoms with Gasteiger partial charge in [0.1, 0.15) is 0 Å². The van der Waals surface area contributed by atoms with Crippen molar-refractivity contribution in [3.05, 3.63) is 0 Å². The van der Waals surface area contributed by atoms with Crippen molar-refractivity contribution in [2.75, 3.05) is 26.3 Å². The number of carboxylic acid groups (broad SMARTS) is 1. The standard InChI is InChI=1S/C12H21NO4/c1-2-16-10-5-9(6-10)13-3-4-17-11(8-13)7-12(14)15/h9-11H,2-8H2,1H3,(H,14,15). The molecule has 1 atom stereocenters. The molecule has 2 rings (SSSR count). The maximum absolute atomic E-state index is 10.6. The molecule has 0 amide bonds. The largest absolute Gasteiger partial charge is 0.481 e. The van der Waals surface area contributed by atoms with Crippen LogP contribution in [0.5, 0.6) is 0 Å². The van der Waals surface area contributed by atoms with Crippen LogP contribution in [0.15, 0.2) is 0 Å². The summed E-state index contributed by atoms with van der Waals surface area (Å²) in [6, 6.07) is 0.562. The van der Waals surface area contributed by atoms with Crippen LogP contribution in [0.3, 0.4) is 0 Å². The highest BCUT2D eigenvalue weighted by molar-refractivity contribution is 5.67. The lowest BCUT2D eigenvalue weighted by Crippen LogP contribution is -2.54. The van der Waals surface area contributed by atoms with Gasteiger partial charge in [-0.05, 0) is 19.8 Å². The molecule has 0 spiro atoms. The van der Waals surface area contributed by atoms with Crippen molar-refractivity contribution >= 4 is 5.97 Å². The van der Waals surface area contributed by atoms with Gasteiger partial charge in [0.05, 0.1) is 25.2 Å². The first-order valence-electron chi connectivity index (χ1n) is 6.38. The number of hydrogen-bond acceptors (Lipinski definition) is 4. The lowest BCUT2D eigenvalue weighted by Gasteiger charge is -2.45. The Morgan fingerprint density at radius 3 is 2.94 bits per heavy atom. The van der Waals surface area contributed by atoms with Gasteiger partial charge in [0.25, 0.3) is 0 Å². The molecule has 2 aliphatic rings. The highest BCUT2D eigenvalue weighted by Crippen LogP contribution is 2.29. The molecule has 5 heteroatoms. The van der Waals surface area contributed by atoms with Crippen molar-refractivity contribution in [1.82, 2.24) is 4.90 Å². The number of morpholine rings is 1. The van der Waals surface area contributed by atoms with Gasteiger partial charge in [-0.2, -0.15) is 0 Å². The summed E-state index contributed by atoms with van der Waals surface area (Å²) in [5, 5.41) is 8.76. The Morgan fingerprint density at radius 2 is 2.29 bits per heavy atom. The Labute approximate surface area is 102 Å². The maximum atomic E-state index is 10.6. The van der Waals surface area contributed by atoms with E-state index in [9.17, 15) is 4.79 Å². The topological polar surface area (TPSA) is 59.0 Å². The molecule has 0 aromatic rings. The summed E-state index contributed by atoms with van der Waals surface area (Å²) in [4.78, 5) is 13.0. The predicted molar refractivity (Wildman–Crippen MR) is 62.0 cm³/mol. The first kappa shape index (κ1) is 12.8. The second-order valence-electron chi connectivity index (χ2n) is 4.79. The molecule has 98 valence electrons. The summed E-state index contributed by atoms with van der Waals surface area (Å²) >= 11 is 0. The summed E-state index contributed by atoms with van der Waals surface area (Å²) in [5.74, 6) is -0.780. The van der Waals surface area contributed by atoms with Gasteiger partial charge in [-0.1, -0.05) is 0 Å². The van der Waals surface area contributed by atoms with E-state index >= 15 is 0 Å². The van der Waals surface area contributed by atoms with Crippen LogP contribution in [-0.2, 0) is 14.3 Å². The zero-order valence-corrected chi connectivity index (χ0v) is 10.3. The van der Waals surface area contributed by atoms with Crippen molar-refractivity contribution < 1.29 is 19.4 Å². The average Bonchev–Trinajstić information content (AvgIpc) is 2.22. The SMILES string of the molecule is CCOC1CC(N2CCOC(CC(=O)O)C2)C1. The van der Waals surface area contributed by atoms with Crippen LogP contribution in [0.1, 0.15) is 26.2 Å². The van der Waals surface area contributed by atoms with Crippen LogP contribution in [0.25, 0.3) is 0 Å². The summed E-state index contributed by atoms with van der Waals surface area (Å²) in [5.41, 5.74) is 0. The molecule has 0 radical (unpaired) electrons. The van der Waals surface area contributed by atoms with Crippen LogP contribution in [0, 0.1) is 0 Å². The normalized spacial score (nSPS) is 34.3. The summed E-state index contributed by atoms with van der Waals surface area (Å²) < 4.78 is 11.0. The van der Waals surface area contributed by atoms with E-state index in [1.165, 1.54) is 0 Å². The quantitative estimate of drug-likeness (QED) is 0.771. The molecule has 1 N–H and O–H groups in total. The van der Waals surface area contributed by atoms with E-state index in [0.717, 1.165) is 32.5 Å². The van der Waals surface area contributed by atoms with Gasteiger partial charge in [-0.3, -0.25) is 9.69 Å². The third-order valence-corrected chi connectivity index (χ3v) is 3.56. The van der Waals surface area contributed by atoms with Gasteiger partial charge in [-0.15, -0.1) is 0 Å². The van der Waals surface area contributed by atoms with E-state index in [2.05, 4.69) is 4.90 Å². The zero-order chi connectivity index (χ0) is 12.3. The Balaban J connectivity index is 1.73. The molecular weight excluding hydrogens is 222 g/mol. The van der Waals surface area contributed by atoms with Crippen molar-refractivity contribution in [2.24, 2.45) is 0 Å². The van der Waals surface area contributed by atoms with Crippen LogP contribution in [-0.4, -0.2) is 60.5 Å². The fourth-order valence-corrected chi connectivity index (χ4v) is 2.60. The van der Waals surface area contributed by atoms with Gasteiger partial charge >= 0.3 is 5.97 Å². The Kier molecular flexibility index (Phi) is 4.36. The molecular formula is C12H21NO4. The summed E-state index contributed by atoms with van der Waals surface area (Å²) in [6.45, 7) is 5.11. The highest BCUT2D eigenvalue weighted by atomic mass is 16.5. The van der Waals surface area contributed by atoms with E-state index in [1.54, 1.807) is 0 Å². The number of carboxylic acids is 1. The average molecular weight is 243 g/mol. The number of carbonyl (C=O) groups is 1. The van der Waals surface area contributed by atoms with Gasteiger partial charge in [0.15, 0.2) is 0 Å². The minimum absolute atomic E-state index is 0.109. The van der Waals surface area contributed by atoms with E-state index < -0.39 is 5.97 Å². The molecule has 2 fully saturated rings. The molecule has 1 aliphatic heterocycles. The van der Waals surface area contributed by atoms with Crippen LogP contribution >= 0.6 is 0 Å². The van der Waals surface area contributed by atoms with E-state index in [0.29, 0.717) is 18.8 Å².